The van der Waals surface area contributed by atoms with Crippen LogP contribution in [0.1, 0.15) is 42.2 Å². The second-order valence-electron chi connectivity index (χ2n) is 7.37. The van der Waals surface area contributed by atoms with Crippen LogP contribution in [0.2, 0.25) is 5.02 Å². The molecule has 29 heavy (non-hydrogen) atoms. The zero-order chi connectivity index (χ0) is 21.1. The monoisotopic (exact) mass is 417 g/mol. The number of amides is 1. The Morgan fingerprint density at radius 3 is 2.72 bits per heavy atom. The number of hydrogen-bond acceptors (Lipinski definition) is 5. The number of anilines is 1. The van der Waals surface area contributed by atoms with Crippen molar-refractivity contribution in [1.82, 2.24) is 19.8 Å². The Morgan fingerprint density at radius 2 is 2.10 bits per heavy atom. The van der Waals surface area contributed by atoms with Crippen LogP contribution in [0.4, 0.5) is 10.3 Å². The van der Waals surface area contributed by atoms with Gasteiger partial charge in [0.1, 0.15) is 5.82 Å². The first kappa shape index (κ1) is 21.0. The van der Waals surface area contributed by atoms with Crippen LogP contribution < -0.4 is 5.32 Å². The molecule has 0 spiro atoms. The number of halogens is 2. The van der Waals surface area contributed by atoms with E-state index >= 15 is 0 Å². The number of nitrogens with one attached hydrogen (secondary N) is 1. The second kappa shape index (κ2) is 8.78. The Hall–Kier alpha value is -2.67. The fourth-order valence-corrected chi connectivity index (χ4v) is 3.53. The number of nitrogens with zero attached hydrogens (tertiary/aromatic N) is 4. The van der Waals surface area contributed by atoms with Crippen LogP contribution in [-0.2, 0) is 0 Å². The minimum Gasteiger partial charge on any atom is -0.374 e. The third-order valence-corrected chi connectivity index (χ3v) is 5.51. The maximum absolute atomic E-state index is 14.1. The van der Waals surface area contributed by atoms with Gasteiger partial charge in [0.05, 0.1) is 11.6 Å². The predicted molar refractivity (Wildman–Crippen MR) is 112 cm³/mol. The maximum atomic E-state index is 14.1. The second-order valence-corrected chi connectivity index (χ2v) is 7.80. The SMILES string of the molecule is C=C(C)N(C)C1CCN(C(=O)c2cnc(NC(C)c3ccc(Cl)cc3F)nc2)C1. The molecule has 8 heteroatoms. The minimum absolute atomic E-state index is 0.0917. The Kier molecular flexibility index (Phi) is 6.37. The van der Waals surface area contributed by atoms with Gasteiger partial charge in [0.15, 0.2) is 0 Å². The van der Waals surface area contributed by atoms with Crippen molar-refractivity contribution >= 4 is 23.5 Å². The van der Waals surface area contributed by atoms with E-state index in [1.165, 1.54) is 18.5 Å². The van der Waals surface area contributed by atoms with Crippen molar-refractivity contribution in [2.24, 2.45) is 0 Å². The van der Waals surface area contributed by atoms with Gasteiger partial charge in [-0.3, -0.25) is 4.79 Å². The van der Waals surface area contributed by atoms with Gasteiger partial charge in [0.2, 0.25) is 5.95 Å². The summed E-state index contributed by atoms with van der Waals surface area (Å²) in [7, 11) is 2.00. The number of aromatic nitrogens is 2. The summed E-state index contributed by atoms with van der Waals surface area (Å²) in [5.41, 5.74) is 1.87. The van der Waals surface area contributed by atoms with Crippen molar-refractivity contribution < 1.29 is 9.18 Å². The molecule has 154 valence electrons. The summed E-state index contributed by atoms with van der Waals surface area (Å²) in [5, 5.41) is 3.39. The van der Waals surface area contributed by atoms with Crippen LogP contribution in [0, 0.1) is 5.82 Å². The minimum atomic E-state index is -0.396. The summed E-state index contributed by atoms with van der Waals surface area (Å²) in [4.78, 5) is 25.1. The lowest BCUT2D eigenvalue weighted by Crippen LogP contribution is -2.35. The highest BCUT2D eigenvalue weighted by atomic mass is 35.5. The van der Waals surface area contributed by atoms with Gasteiger partial charge >= 0.3 is 0 Å². The highest BCUT2D eigenvalue weighted by molar-refractivity contribution is 6.30. The van der Waals surface area contributed by atoms with Crippen molar-refractivity contribution in [1.29, 1.82) is 0 Å². The van der Waals surface area contributed by atoms with E-state index in [2.05, 4.69) is 26.8 Å². The van der Waals surface area contributed by atoms with Crippen LogP contribution in [0.15, 0.2) is 42.9 Å². The lowest BCUT2D eigenvalue weighted by molar-refractivity contribution is 0.0782. The molecule has 0 saturated carbocycles. The molecule has 0 bridgehead atoms. The molecule has 1 aromatic carbocycles. The normalized spacial score (nSPS) is 17.1. The van der Waals surface area contributed by atoms with Gasteiger partial charge in [-0.1, -0.05) is 24.2 Å². The van der Waals surface area contributed by atoms with E-state index in [0.29, 0.717) is 35.2 Å². The number of carbonyl (C=O) groups is 1. The quantitative estimate of drug-likeness (QED) is 0.766. The summed E-state index contributed by atoms with van der Waals surface area (Å²) < 4.78 is 14.1. The molecule has 6 nitrogen and oxygen atoms in total. The number of rotatable bonds is 6. The first-order chi connectivity index (χ1) is 13.8. The third-order valence-electron chi connectivity index (χ3n) is 5.27. The molecule has 2 heterocycles. The topological polar surface area (TPSA) is 61.4 Å². The van der Waals surface area contributed by atoms with E-state index in [1.54, 1.807) is 19.1 Å². The summed E-state index contributed by atoms with van der Waals surface area (Å²) >= 11 is 5.80. The lowest BCUT2D eigenvalue weighted by Gasteiger charge is -2.26. The van der Waals surface area contributed by atoms with Gasteiger partial charge in [0.25, 0.3) is 5.91 Å². The zero-order valence-electron chi connectivity index (χ0n) is 16.8. The van der Waals surface area contributed by atoms with E-state index in [4.69, 9.17) is 11.6 Å². The average Bonchev–Trinajstić information content (AvgIpc) is 3.17. The molecule has 1 N–H and O–H groups in total. The number of likely N-dealkylation sites (N-methyl/N-ethyl adjacent to an activating group) is 1. The van der Waals surface area contributed by atoms with Crippen molar-refractivity contribution in [2.45, 2.75) is 32.4 Å². The van der Waals surface area contributed by atoms with Crippen LogP contribution in [-0.4, -0.2) is 51.9 Å². The summed E-state index contributed by atoms with van der Waals surface area (Å²) in [6.45, 7) is 9.06. The standard InChI is InChI=1S/C21H25ClFN5O/c1-13(2)27(4)17-7-8-28(12-17)20(29)15-10-24-21(25-11-15)26-14(3)18-6-5-16(22)9-19(18)23/h5-6,9-11,14,17H,1,7-8,12H2,2-4H3,(H,24,25,26). The van der Waals surface area contributed by atoms with Crippen LogP contribution >= 0.6 is 11.6 Å². The molecule has 2 unspecified atom stereocenters. The smallest absolute Gasteiger partial charge is 0.257 e. The molecular formula is C21H25ClFN5O. The molecule has 1 fully saturated rings. The molecule has 2 aromatic rings. The molecule has 3 rings (SSSR count). The maximum Gasteiger partial charge on any atom is 0.257 e. The fourth-order valence-electron chi connectivity index (χ4n) is 3.37. The number of hydrogen-bond donors (Lipinski definition) is 1. The van der Waals surface area contributed by atoms with Crippen LogP contribution in [0.3, 0.4) is 0 Å². The highest BCUT2D eigenvalue weighted by Gasteiger charge is 2.29. The molecule has 1 aliphatic rings. The van der Waals surface area contributed by atoms with Gasteiger partial charge in [-0.05, 0) is 32.4 Å². The van der Waals surface area contributed by atoms with E-state index in [1.807, 2.05) is 18.9 Å². The van der Waals surface area contributed by atoms with E-state index in [0.717, 1.165) is 12.1 Å². The zero-order valence-corrected chi connectivity index (χ0v) is 17.6. The predicted octanol–water partition coefficient (Wildman–Crippen LogP) is 4.12. The van der Waals surface area contributed by atoms with Crippen molar-refractivity contribution in [3.8, 4) is 0 Å². The van der Waals surface area contributed by atoms with Crippen LogP contribution in [0.5, 0.6) is 0 Å². The molecule has 1 amide bonds. The van der Waals surface area contributed by atoms with Crippen LogP contribution in [0.25, 0.3) is 0 Å². The largest absolute Gasteiger partial charge is 0.374 e. The molecule has 0 radical (unpaired) electrons. The van der Waals surface area contributed by atoms with Crippen molar-refractivity contribution in [2.75, 3.05) is 25.5 Å². The van der Waals surface area contributed by atoms with Gasteiger partial charge in [0, 0.05) is 54.9 Å². The molecule has 1 saturated heterocycles. The molecule has 1 aromatic heterocycles. The molecule has 1 aliphatic heterocycles. The summed E-state index contributed by atoms with van der Waals surface area (Å²) in [5.74, 6) is -0.164. The number of allylic oxidation sites excluding steroid dienone is 1. The van der Waals surface area contributed by atoms with E-state index in [-0.39, 0.29) is 18.0 Å². The average molecular weight is 418 g/mol. The van der Waals surface area contributed by atoms with Gasteiger partial charge < -0.3 is 15.1 Å². The van der Waals surface area contributed by atoms with Crippen molar-refractivity contribution in [3.63, 3.8) is 0 Å². The van der Waals surface area contributed by atoms with E-state index in [9.17, 15) is 9.18 Å². The fraction of sp³-hybridized carbons (Fsp3) is 0.381. The number of benzene rings is 1. The first-order valence-corrected chi connectivity index (χ1v) is 9.85. The number of likely N-dealkylation sites (tertiary alicyclic amines) is 1. The number of carbonyl (C=O) groups excluding carboxylic acids is 1. The molecule has 2 atom stereocenters. The molecular weight excluding hydrogens is 393 g/mol. The van der Waals surface area contributed by atoms with Gasteiger partial charge in [-0.2, -0.15) is 0 Å². The van der Waals surface area contributed by atoms with Crippen molar-refractivity contribution in [3.05, 3.63) is 64.8 Å². The first-order valence-electron chi connectivity index (χ1n) is 9.47. The Balaban J connectivity index is 1.62. The van der Waals surface area contributed by atoms with Gasteiger partial charge in [-0.15, -0.1) is 0 Å². The van der Waals surface area contributed by atoms with E-state index < -0.39 is 5.82 Å². The lowest BCUT2D eigenvalue weighted by atomic mass is 10.1. The Bertz CT molecular complexity index is 904. The Morgan fingerprint density at radius 1 is 1.41 bits per heavy atom. The summed E-state index contributed by atoms with van der Waals surface area (Å²) in [6.07, 6.45) is 3.90. The van der Waals surface area contributed by atoms with Gasteiger partial charge in [-0.25, -0.2) is 14.4 Å². The third kappa shape index (κ3) is 4.85. The Labute approximate surface area is 175 Å². The summed E-state index contributed by atoms with van der Waals surface area (Å²) in [6, 6.07) is 4.44. The highest BCUT2D eigenvalue weighted by Crippen LogP contribution is 2.23. The molecule has 0 aliphatic carbocycles.